The van der Waals surface area contributed by atoms with Crippen LogP contribution in [0.4, 0.5) is 0 Å². The van der Waals surface area contributed by atoms with Crippen LogP contribution in [0.5, 0.6) is 5.75 Å². The second-order valence-electron chi connectivity index (χ2n) is 7.29. The summed E-state index contributed by atoms with van der Waals surface area (Å²) in [6, 6.07) is 7.73. The lowest BCUT2D eigenvalue weighted by atomic mass is 10.1. The molecule has 0 saturated carbocycles. The molecule has 0 radical (unpaired) electrons. The number of ether oxygens (including phenoxy) is 1. The van der Waals surface area contributed by atoms with Gasteiger partial charge in [0.15, 0.2) is 0 Å². The van der Waals surface area contributed by atoms with Crippen molar-refractivity contribution in [1.29, 1.82) is 0 Å². The van der Waals surface area contributed by atoms with Gasteiger partial charge in [-0.1, -0.05) is 18.2 Å². The first-order valence-electron chi connectivity index (χ1n) is 8.97. The van der Waals surface area contributed by atoms with Gasteiger partial charge in [-0.3, -0.25) is 9.48 Å². The van der Waals surface area contributed by atoms with E-state index in [9.17, 15) is 9.90 Å². The Hall–Kier alpha value is -2.34. The Morgan fingerprint density at radius 1 is 1.31 bits per heavy atom. The summed E-state index contributed by atoms with van der Waals surface area (Å²) in [6.07, 6.45) is 0.843. The van der Waals surface area contributed by atoms with E-state index >= 15 is 0 Å². The van der Waals surface area contributed by atoms with Crippen molar-refractivity contribution < 1.29 is 14.6 Å². The maximum absolute atomic E-state index is 12.7. The fourth-order valence-electron chi connectivity index (χ4n) is 3.45. The molecule has 140 valence electrons. The highest BCUT2D eigenvalue weighted by molar-refractivity contribution is 5.79. The van der Waals surface area contributed by atoms with Crippen LogP contribution in [0.2, 0.25) is 0 Å². The van der Waals surface area contributed by atoms with Crippen LogP contribution in [0.3, 0.4) is 0 Å². The van der Waals surface area contributed by atoms with E-state index in [1.807, 2.05) is 52.1 Å². The monoisotopic (exact) mass is 357 g/mol. The highest BCUT2D eigenvalue weighted by Crippen LogP contribution is 2.25. The molecule has 3 rings (SSSR count). The van der Waals surface area contributed by atoms with Crippen LogP contribution in [0.25, 0.3) is 0 Å². The van der Waals surface area contributed by atoms with E-state index in [1.165, 1.54) is 0 Å². The normalized spacial score (nSPS) is 19.8. The van der Waals surface area contributed by atoms with E-state index < -0.39 is 5.60 Å². The molecule has 1 aliphatic heterocycles. The van der Waals surface area contributed by atoms with Gasteiger partial charge in [-0.25, -0.2) is 0 Å². The van der Waals surface area contributed by atoms with Gasteiger partial charge in [0.2, 0.25) is 5.91 Å². The number of hydrogen-bond acceptors (Lipinski definition) is 4. The van der Waals surface area contributed by atoms with E-state index in [1.54, 1.807) is 9.58 Å². The first kappa shape index (κ1) is 18.5. The van der Waals surface area contributed by atoms with E-state index in [4.69, 9.17) is 4.74 Å². The Balaban J connectivity index is 1.60. The van der Waals surface area contributed by atoms with Gasteiger partial charge in [-0.2, -0.15) is 5.10 Å². The lowest BCUT2D eigenvalue weighted by Crippen LogP contribution is -2.41. The molecule has 2 heterocycles. The molecule has 0 aliphatic carbocycles. The Kier molecular flexibility index (Phi) is 5.05. The molecule has 2 aromatic rings. The Bertz CT molecular complexity index is 815. The molecule has 0 bridgehead atoms. The van der Waals surface area contributed by atoms with Crippen molar-refractivity contribution in [3.8, 4) is 5.75 Å². The van der Waals surface area contributed by atoms with Gasteiger partial charge in [0, 0.05) is 24.8 Å². The highest BCUT2D eigenvalue weighted by Gasteiger charge is 2.39. The third-order valence-corrected chi connectivity index (χ3v) is 5.26. The molecule has 26 heavy (non-hydrogen) atoms. The number of amides is 1. The van der Waals surface area contributed by atoms with Crippen LogP contribution in [-0.2, 0) is 18.3 Å². The van der Waals surface area contributed by atoms with Crippen molar-refractivity contribution in [1.82, 2.24) is 14.7 Å². The number of carbonyl (C=O) groups is 1. The van der Waals surface area contributed by atoms with Crippen molar-refractivity contribution >= 4 is 5.91 Å². The molecule has 1 aliphatic rings. The molecule has 6 nitrogen and oxygen atoms in total. The second kappa shape index (κ2) is 7.11. The maximum atomic E-state index is 12.7. The van der Waals surface area contributed by atoms with Crippen LogP contribution in [0, 0.1) is 20.8 Å². The maximum Gasteiger partial charge on any atom is 0.227 e. The third kappa shape index (κ3) is 3.75. The SMILES string of the molecule is Cc1ccccc1OC[C@@]1(O)CCN(C(=O)Cc2c(C)nn(C)c2C)C1. The molecule has 1 amide bonds. The van der Waals surface area contributed by atoms with E-state index in [-0.39, 0.29) is 12.5 Å². The summed E-state index contributed by atoms with van der Waals surface area (Å²) in [4.78, 5) is 14.4. The standard InChI is InChI=1S/C20H27N3O3/c1-14-7-5-6-8-18(14)26-13-20(25)9-10-23(12-20)19(24)11-17-15(2)21-22(4)16(17)3/h5-8,25H,9-13H2,1-4H3/t20-/m1/s1. The number of carbonyl (C=O) groups excluding carboxylic acids is 1. The number of para-hydroxylation sites is 1. The molecule has 1 atom stereocenters. The number of hydrogen-bond donors (Lipinski definition) is 1. The molecule has 0 unspecified atom stereocenters. The van der Waals surface area contributed by atoms with Crippen molar-refractivity contribution in [2.24, 2.45) is 7.05 Å². The highest BCUT2D eigenvalue weighted by atomic mass is 16.5. The van der Waals surface area contributed by atoms with Crippen LogP contribution in [0.15, 0.2) is 24.3 Å². The summed E-state index contributed by atoms with van der Waals surface area (Å²) in [5.74, 6) is 0.795. The Morgan fingerprint density at radius 2 is 2.04 bits per heavy atom. The minimum absolute atomic E-state index is 0.0241. The van der Waals surface area contributed by atoms with Gasteiger partial charge in [0.1, 0.15) is 18.0 Å². The average molecular weight is 357 g/mol. The number of aryl methyl sites for hydroxylation is 3. The number of nitrogens with zero attached hydrogens (tertiary/aromatic N) is 3. The fourth-order valence-corrected chi connectivity index (χ4v) is 3.45. The smallest absolute Gasteiger partial charge is 0.227 e. The summed E-state index contributed by atoms with van der Waals surface area (Å²) < 4.78 is 7.61. The van der Waals surface area contributed by atoms with E-state index in [0.717, 1.165) is 28.3 Å². The Morgan fingerprint density at radius 3 is 2.69 bits per heavy atom. The largest absolute Gasteiger partial charge is 0.490 e. The number of likely N-dealkylation sites (tertiary alicyclic amines) is 1. The van der Waals surface area contributed by atoms with E-state index in [0.29, 0.717) is 25.9 Å². The van der Waals surface area contributed by atoms with Gasteiger partial charge < -0.3 is 14.7 Å². The molecule has 1 aromatic carbocycles. The summed E-state index contributed by atoms with van der Waals surface area (Å²) >= 11 is 0. The summed E-state index contributed by atoms with van der Waals surface area (Å²) in [5, 5.41) is 15.2. The minimum Gasteiger partial charge on any atom is -0.490 e. The average Bonchev–Trinajstić information content (AvgIpc) is 3.10. The fraction of sp³-hybridized carbons (Fsp3) is 0.500. The molecule has 6 heteroatoms. The summed E-state index contributed by atoms with van der Waals surface area (Å²) in [7, 11) is 1.88. The quantitative estimate of drug-likeness (QED) is 0.888. The van der Waals surface area contributed by atoms with E-state index in [2.05, 4.69) is 5.10 Å². The predicted molar refractivity (Wildman–Crippen MR) is 99.2 cm³/mol. The van der Waals surface area contributed by atoms with Gasteiger partial charge in [-0.05, 0) is 38.8 Å². The zero-order valence-electron chi connectivity index (χ0n) is 16.0. The van der Waals surface area contributed by atoms with Gasteiger partial charge in [-0.15, -0.1) is 0 Å². The molecular weight excluding hydrogens is 330 g/mol. The number of aromatic nitrogens is 2. The Labute approximate surface area is 154 Å². The second-order valence-corrected chi connectivity index (χ2v) is 7.29. The number of aliphatic hydroxyl groups is 1. The van der Waals surface area contributed by atoms with Crippen molar-refractivity contribution in [2.45, 2.75) is 39.2 Å². The number of benzene rings is 1. The minimum atomic E-state index is -1.00. The number of β-amino-alcohol motifs (C(OH)–C–C–N with tert-alkyl or cyclic N) is 1. The molecule has 1 saturated heterocycles. The third-order valence-electron chi connectivity index (χ3n) is 5.26. The van der Waals surface area contributed by atoms with Gasteiger partial charge in [0.25, 0.3) is 0 Å². The zero-order chi connectivity index (χ0) is 18.9. The predicted octanol–water partition coefficient (Wildman–Crippen LogP) is 1.93. The lowest BCUT2D eigenvalue weighted by molar-refractivity contribution is -0.130. The van der Waals surface area contributed by atoms with Crippen molar-refractivity contribution in [3.63, 3.8) is 0 Å². The van der Waals surface area contributed by atoms with Crippen LogP contribution in [0.1, 0.15) is 28.9 Å². The van der Waals surface area contributed by atoms with Crippen LogP contribution < -0.4 is 4.74 Å². The molecule has 1 aromatic heterocycles. The topological polar surface area (TPSA) is 67.6 Å². The van der Waals surface area contributed by atoms with Gasteiger partial charge in [0.05, 0.1) is 18.7 Å². The number of rotatable bonds is 5. The van der Waals surface area contributed by atoms with Gasteiger partial charge >= 0.3 is 0 Å². The molecule has 1 fully saturated rings. The van der Waals surface area contributed by atoms with Crippen LogP contribution >= 0.6 is 0 Å². The zero-order valence-corrected chi connectivity index (χ0v) is 16.0. The first-order chi connectivity index (χ1) is 12.3. The van der Waals surface area contributed by atoms with Crippen molar-refractivity contribution in [3.05, 3.63) is 46.8 Å². The van der Waals surface area contributed by atoms with Crippen molar-refractivity contribution in [2.75, 3.05) is 19.7 Å². The lowest BCUT2D eigenvalue weighted by Gasteiger charge is -2.24. The molecule has 1 N–H and O–H groups in total. The van der Waals surface area contributed by atoms with Crippen LogP contribution in [-0.4, -0.2) is 51.0 Å². The first-order valence-corrected chi connectivity index (χ1v) is 8.97. The molecule has 0 spiro atoms. The summed E-state index contributed by atoms with van der Waals surface area (Å²) in [6.45, 7) is 6.90. The summed E-state index contributed by atoms with van der Waals surface area (Å²) in [5.41, 5.74) is 2.90. The molecular formula is C20H27N3O3.